The molecule has 0 radical (unpaired) electrons. The fourth-order valence-electron chi connectivity index (χ4n) is 16.9. The molecule has 2 nitrogen and oxygen atoms in total. The molecule has 0 amide bonds. The largest absolute Gasteiger partial charge is 0.310 e. The molecule has 1 heterocycles. The highest BCUT2D eigenvalue weighted by Gasteiger charge is 2.46. The van der Waals surface area contributed by atoms with E-state index < -0.39 is 0 Å². The molecule has 0 aliphatic heterocycles. The number of anilines is 3. The Labute approximate surface area is 600 Å². The van der Waals surface area contributed by atoms with Crippen LogP contribution in [-0.4, -0.2) is 4.57 Å². The molecule has 20 rings (SSSR count). The minimum atomic E-state index is -0.384. The first-order valence-electron chi connectivity index (χ1n) is 35.6. The summed E-state index contributed by atoms with van der Waals surface area (Å²) in [5.41, 5.74) is 26.8. The summed E-state index contributed by atoms with van der Waals surface area (Å²) >= 11 is 0. The SMILES string of the molecule is c1ccc(-c2c3ccccc3c(-c3ccc(-c4ccc(C5(c6ccccc6)c6ccccc6-c6ccccc65)cc4)cc3)c3ccccc23)cc1.c1ccc(-c2c3ccccc3c(-c3ccc(N(c4ccccc4)c4ccc5c(c4)c4ccccc4n5-c4ccccc4)cc3)c3ccccc23)cc1. The summed E-state index contributed by atoms with van der Waals surface area (Å²) in [6.45, 7) is 0. The second kappa shape index (κ2) is 25.7. The van der Waals surface area contributed by atoms with Crippen molar-refractivity contribution in [2.75, 3.05) is 4.90 Å². The molecule has 0 fully saturated rings. The minimum Gasteiger partial charge on any atom is -0.310 e. The molecule has 0 unspecified atom stereocenters. The van der Waals surface area contributed by atoms with Crippen molar-refractivity contribution in [2.45, 2.75) is 5.41 Å². The van der Waals surface area contributed by atoms with Crippen molar-refractivity contribution in [1.29, 1.82) is 0 Å². The highest BCUT2D eigenvalue weighted by atomic mass is 15.1. The lowest BCUT2D eigenvalue weighted by atomic mass is 9.67. The van der Waals surface area contributed by atoms with Crippen molar-refractivity contribution in [3.63, 3.8) is 0 Å². The molecule has 0 spiro atoms. The maximum Gasteiger partial charge on any atom is 0.0713 e. The van der Waals surface area contributed by atoms with Crippen molar-refractivity contribution in [3.8, 4) is 72.4 Å². The van der Waals surface area contributed by atoms with Crippen LogP contribution in [0.3, 0.4) is 0 Å². The third kappa shape index (κ3) is 10.3. The summed E-state index contributed by atoms with van der Waals surface area (Å²) < 4.78 is 2.37. The van der Waals surface area contributed by atoms with Crippen molar-refractivity contribution < 1.29 is 0 Å². The Morgan fingerprint density at radius 3 is 0.951 bits per heavy atom. The molecule has 18 aromatic carbocycles. The zero-order valence-corrected chi connectivity index (χ0v) is 56.7. The van der Waals surface area contributed by atoms with Crippen molar-refractivity contribution in [2.24, 2.45) is 0 Å². The van der Waals surface area contributed by atoms with Gasteiger partial charge in [0, 0.05) is 33.5 Å². The number of hydrogen-bond acceptors (Lipinski definition) is 1. The quantitative estimate of drug-likeness (QED) is 0.117. The van der Waals surface area contributed by atoms with Gasteiger partial charge < -0.3 is 9.47 Å². The molecule has 0 saturated carbocycles. The fraction of sp³-hybridized carbons (Fsp3) is 0.00990. The van der Waals surface area contributed by atoms with E-state index in [1.54, 1.807) is 0 Å². The smallest absolute Gasteiger partial charge is 0.0713 e. The van der Waals surface area contributed by atoms with E-state index in [-0.39, 0.29) is 5.41 Å². The van der Waals surface area contributed by atoms with Crippen LogP contribution in [0.15, 0.2) is 413 Å². The number of nitrogens with zero attached hydrogens (tertiary/aromatic N) is 2. The van der Waals surface area contributed by atoms with Crippen LogP contribution in [0.4, 0.5) is 17.1 Å². The van der Waals surface area contributed by atoms with E-state index >= 15 is 0 Å². The Hall–Kier alpha value is -13.4. The van der Waals surface area contributed by atoms with Crippen LogP contribution in [0.1, 0.15) is 22.3 Å². The lowest BCUT2D eigenvalue weighted by molar-refractivity contribution is 0.768. The van der Waals surface area contributed by atoms with Gasteiger partial charge in [-0.2, -0.15) is 0 Å². The van der Waals surface area contributed by atoms with Crippen LogP contribution in [0, 0.1) is 0 Å². The van der Waals surface area contributed by atoms with Crippen LogP contribution >= 0.6 is 0 Å². The van der Waals surface area contributed by atoms with E-state index in [4.69, 9.17) is 0 Å². The van der Waals surface area contributed by atoms with E-state index in [0.29, 0.717) is 0 Å². The second-order valence-corrected chi connectivity index (χ2v) is 26.9. The Balaban J connectivity index is 0.000000142. The Morgan fingerprint density at radius 1 is 0.194 bits per heavy atom. The van der Waals surface area contributed by atoms with Crippen LogP contribution < -0.4 is 4.90 Å². The van der Waals surface area contributed by atoms with Crippen LogP contribution in [-0.2, 0) is 5.41 Å². The summed E-state index contributed by atoms with van der Waals surface area (Å²) in [7, 11) is 0. The van der Waals surface area contributed by atoms with E-state index in [1.165, 1.54) is 154 Å². The van der Waals surface area contributed by atoms with Crippen LogP contribution in [0.2, 0.25) is 0 Å². The third-order valence-electron chi connectivity index (χ3n) is 21.3. The Bertz CT molecular complexity index is 6200. The number of hydrogen-bond donors (Lipinski definition) is 0. The summed E-state index contributed by atoms with van der Waals surface area (Å²) in [5, 5.41) is 12.6. The number of para-hydroxylation sites is 3. The highest BCUT2D eigenvalue weighted by molar-refractivity contribution is 6.23. The Morgan fingerprint density at radius 2 is 0.495 bits per heavy atom. The average molecular weight is 1310 g/mol. The van der Waals surface area contributed by atoms with Gasteiger partial charge >= 0.3 is 0 Å². The summed E-state index contributed by atoms with van der Waals surface area (Å²) in [6, 6.07) is 150. The zero-order chi connectivity index (χ0) is 68.2. The van der Waals surface area contributed by atoms with Gasteiger partial charge in [-0.25, -0.2) is 0 Å². The van der Waals surface area contributed by atoms with Crippen LogP contribution in [0.5, 0.6) is 0 Å². The van der Waals surface area contributed by atoms with Crippen molar-refractivity contribution in [3.05, 3.63) is 435 Å². The number of aromatic nitrogens is 1. The summed E-state index contributed by atoms with van der Waals surface area (Å²) in [6.07, 6.45) is 0. The molecular weight excluding hydrogens is 1240 g/mol. The van der Waals surface area contributed by atoms with E-state index in [1.807, 2.05) is 0 Å². The molecule has 1 aromatic heterocycles. The first-order valence-corrected chi connectivity index (χ1v) is 35.6. The van der Waals surface area contributed by atoms with Gasteiger partial charge in [0.05, 0.1) is 16.4 Å². The zero-order valence-electron chi connectivity index (χ0n) is 56.7. The maximum atomic E-state index is 2.37. The molecule has 0 N–H and O–H groups in total. The van der Waals surface area contributed by atoms with Crippen molar-refractivity contribution in [1.82, 2.24) is 4.57 Å². The molecule has 0 saturated heterocycles. The Kier molecular flexibility index (Phi) is 15.2. The normalized spacial score (nSPS) is 12.2. The monoisotopic (exact) mass is 1310 g/mol. The third-order valence-corrected chi connectivity index (χ3v) is 21.3. The standard InChI is InChI=1S/C51H34.C50H34N2/c1-3-15-37(16-4-1)49-43-21-7-9-23-45(43)50(46-24-10-8-22-44(46)49)38-29-27-35(28-30-38)36-31-33-40(34-32-36)51(39-17-5-2-6-18-39)47-25-13-11-19-41(47)42-20-12-14-26-48(42)51;1-4-16-35(17-5-1)49-42-23-10-12-25-44(42)50(45-26-13-11-24-43(45)49)36-28-30-39(31-29-36)51(37-18-6-2-7-19-37)40-32-33-48-46(34-40)41-22-14-15-27-47(41)52(48)38-20-8-3-9-21-38/h1-34H;1-34H. The molecule has 19 aromatic rings. The predicted molar refractivity (Wildman–Crippen MR) is 436 cm³/mol. The topological polar surface area (TPSA) is 8.17 Å². The molecule has 103 heavy (non-hydrogen) atoms. The lowest BCUT2D eigenvalue weighted by Crippen LogP contribution is -2.28. The highest BCUT2D eigenvalue weighted by Crippen LogP contribution is 2.57. The van der Waals surface area contributed by atoms with Gasteiger partial charge in [0.1, 0.15) is 0 Å². The van der Waals surface area contributed by atoms with Gasteiger partial charge in [-0.15, -0.1) is 0 Å². The molecular formula is C101H68N2. The minimum absolute atomic E-state index is 0.384. The lowest BCUT2D eigenvalue weighted by Gasteiger charge is -2.34. The van der Waals surface area contributed by atoms with E-state index in [0.717, 1.165) is 22.7 Å². The maximum absolute atomic E-state index is 2.37. The molecule has 482 valence electrons. The van der Waals surface area contributed by atoms with Gasteiger partial charge in [0.15, 0.2) is 0 Å². The van der Waals surface area contributed by atoms with E-state index in [9.17, 15) is 0 Å². The second-order valence-electron chi connectivity index (χ2n) is 26.9. The van der Waals surface area contributed by atoms with E-state index in [2.05, 4.69) is 422 Å². The fourth-order valence-corrected chi connectivity index (χ4v) is 16.9. The molecule has 0 atom stereocenters. The number of rotatable bonds is 11. The molecule has 1 aliphatic carbocycles. The summed E-state index contributed by atoms with van der Waals surface area (Å²) in [5.74, 6) is 0. The number of benzene rings is 18. The molecule has 2 heteroatoms. The summed E-state index contributed by atoms with van der Waals surface area (Å²) in [4.78, 5) is 2.37. The molecule has 1 aliphatic rings. The average Bonchev–Trinajstić information content (AvgIpc) is 1.66. The van der Waals surface area contributed by atoms with Gasteiger partial charge in [-0.3, -0.25) is 0 Å². The van der Waals surface area contributed by atoms with Gasteiger partial charge in [0.25, 0.3) is 0 Å². The predicted octanol–water partition coefficient (Wildman–Crippen LogP) is 27.3. The van der Waals surface area contributed by atoms with Gasteiger partial charge in [-0.05, 0) is 193 Å². The first kappa shape index (κ1) is 60.8. The first-order chi connectivity index (χ1) is 51.2. The molecule has 0 bridgehead atoms. The van der Waals surface area contributed by atoms with Crippen LogP contribution in [0.25, 0.3) is 137 Å². The van der Waals surface area contributed by atoms with Gasteiger partial charge in [-0.1, -0.05) is 352 Å². The number of fused-ring (bicyclic) bond motifs is 10. The van der Waals surface area contributed by atoms with Gasteiger partial charge in [0.2, 0.25) is 0 Å². The van der Waals surface area contributed by atoms with Crippen molar-refractivity contribution >= 4 is 82.0 Å².